The zero-order chi connectivity index (χ0) is 16.6. The van der Waals surface area contributed by atoms with E-state index in [9.17, 15) is 4.79 Å². The maximum absolute atomic E-state index is 11.3. The number of hydrogen-bond acceptors (Lipinski definition) is 6. The van der Waals surface area contributed by atoms with E-state index in [-0.39, 0.29) is 11.8 Å². The summed E-state index contributed by atoms with van der Waals surface area (Å²) in [5.74, 6) is 1.92. The number of carbonyl (C=O) groups is 1. The van der Waals surface area contributed by atoms with Crippen LogP contribution in [-0.2, 0) is 4.79 Å². The van der Waals surface area contributed by atoms with Gasteiger partial charge in [0.05, 0.1) is 5.69 Å². The summed E-state index contributed by atoms with van der Waals surface area (Å²) in [6.07, 6.45) is 3.57. The van der Waals surface area contributed by atoms with E-state index in [2.05, 4.69) is 20.9 Å². The van der Waals surface area contributed by atoms with Gasteiger partial charge >= 0.3 is 0 Å². The van der Waals surface area contributed by atoms with Crippen LogP contribution in [0, 0.1) is 5.92 Å². The first-order valence-electron chi connectivity index (χ1n) is 8.30. The van der Waals surface area contributed by atoms with Crippen molar-refractivity contribution in [3.63, 3.8) is 0 Å². The number of amides is 1. The molecule has 3 rings (SSSR count). The third kappa shape index (κ3) is 3.39. The molecular weight excluding hydrogens is 292 g/mol. The summed E-state index contributed by atoms with van der Waals surface area (Å²) >= 11 is 0. The summed E-state index contributed by atoms with van der Waals surface area (Å²) in [5.41, 5.74) is 12.4. The van der Waals surface area contributed by atoms with Gasteiger partial charge in [-0.2, -0.15) is 4.98 Å². The monoisotopic (exact) mass is 318 g/mol. The smallest absolute Gasteiger partial charge is 0.227 e. The minimum absolute atomic E-state index is 0.00879. The number of anilines is 2. The fraction of sp³-hybridized carbons (Fsp3) is 0.688. The van der Waals surface area contributed by atoms with E-state index in [1.807, 2.05) is 19.0 Å². The molecule has 0 spiro atoms. The molecule has 1 saturated carbocycles. The molecule has 1 aromatic heterocycles. The third-order valence-corrected chi connectivity index (χ3v) is 4.93. The average Bonchev–Trinajstić information content (AvgIpc) is 2.51. The summed E-state index contributed by atoms with van der Waals surface area (Å²) < 4.78 is 0. The first-order valence-corrected chi connectivity index (χ1v) is 8.30. The van der Waals surface area contributed by atoms with E-state index in [0.717, 1.165) is 56.2 Å². The van der Waals surface area contributed by atoms with Crippen LogP contribution in [0.1, 0.15) is 37.3 Å². The molecule has 2 heterocycles. The number of carbonyl (C=O) groups excluding carboxylic acids is 1. The standard InChI is InChI=1S/C16H26N6O/c1-21(2)16-19-13(11-7-12(17)8-11)9-14(20-16)22-5-3-10(4-6-22)15(18)23/h9-12H,3-8,17H2,1-2H3,(H2,18,23). The van der Waals surface area contributed by atoms with Crippen molar-refractivity contribution in [1.82, 2.24) is 9.97 Å². The third-order valence-electron chi connectivity index (χ3n) is 4.93. The normalized spacial score (nSPS) is 25.1. The fourth-order valence-electron chi connectivity index (χ4n) is 3.31. The molecule has 7 heteroatoms. The molecule has 126 valence electrons. The van der Waals surface area contributed by atoms with Gasteiger partial charge in [-0.3, -0.25) is 4.79 Å². The highest BCUT2D eigenvalue weighted by atomic mass is 16.1. The molecule has 1 aliphatic heterocycles. The lowest BCUT2D eigenvalue weighted by atomic mass is 9.78. The predicted molar refractivity (Wildman–Crippen MR) is 90.4 cm³/mol. The van der Waals surface area contributed by atoms with Crippen LogP contribution in [0.15, 0.2) is 6.07 Å². The Kier molecular flexibility index (Phi) is 4.39. The average molecular weight is 318 g/mol. The predicted octanol–water partition coefficient (Wildman–Crippen LogP) is 0.449. The zero-order valence-electron chi connectivity index (χ0n) is 13.9. The quantitative estimate of drug-likeness (QED) is 0.836. The van der Waals surface area contributed by atoms with Crippen LogP contribution in [0.4, 0.5) is 11.8 Å². The second-order valence-corrected chi connectivity index (χ2v) is 6.94. The summed E-state index contributed by atoms with van der Waals surface area (Å²) in [7, 11) is 3.91. The zero-order valence-corrected chi connectivity index (χ0v) is 13.9. The van der Waals surface area contributed by atoms with Crippen LogP contribution >= 0.6 is 0 Å². The highest BCUT2D eigenvalue weighted by Gasteiger charge is 2.30. The van der Waals surface area contributed by atoms with E-state index >= 15 is 0 Å². The van der Waals surface area contributed by atoms with Gasteiger partial charge < -0.3 is 21.3 Å². The van der Waals surface area contributed by atoms with Gasteiger partial charge in [0.25, 0.3) is 0 Å². The van der Waals surface area contributed by atoms with Gasteiger partial charge in [-0.1, -0.05) is 0 Å². The van der Waals surface area contributed by atoms with Crippen molar-refractivity contribution in [2.24, 2.45) is 17.4 Å². The van der Waals surface area contributed by atoms with E-state index in [4.69, 9.17) is 11.5 Å². The van der Waals surface area contributed by atoms with Crippen molar-refractivity contribution in [2.75, 3.05) is 37.0 Å². The van der Waals surface area contributed by atoms with Crippen molar-refractivity contribution >= 4 is 17.7 Å². The van der Waals surface area contributed by atoms with E-state index < -0.39 is 0 Å². The molecule has 7 nitrogen and oxygen atoms in total. The van der Waals surface area contributed by atoms with E-state index in [1.165, 1.54) is 0 Å². The molecule has 0 unspecified atom stereocenters. The molecule has 0 bridgehead atoms. The molecule has 0 atom stereocenters. The molecule has 1 aromatic rings. The Bertz CT molecular complexity index is 576. The van der Waals surface area contributed by atoms with E-state index in [0.29, 0.717) is 12.0 Å². The molecule has 0 aromatic carbocycles. The molecule has 1 aliphatic carbocycles. The Morgan fingerprint density at radius 3 is 2.43 bits per heavy atom. The number of nitrogens with zero attached hydrogens (tertiary/aromatic N) is 4. The molecule has 1 saturated heterocycles. The van der Waals surface area contributed by atoms with Crippen molar-refractivity contribution in [3.05, 3.63) is 11.8 Å². The summed E-state index contributed by atoms with van der Waals surface area (Å²) in [5, 5.41) is 0. The summed E-state index contributed by atoms with van der Waals surface area (Å²) in [6.45, 7) is 1.61. The van der Waals surface area contributed by atoms with Crippen molar-refractivity contribution in [1.29, 1.82) is 0 Å². The van der Waals surface area contributed by atoms with Gasteiger partial charge in [-0.05, 0) is 25.7 Å². The fourth-order valence-corrected chi connectivity index (χ4v) is 3.31. The van der Waals surface area contributed by atoms with Crippen molar-refractivity contribution in [3.8, 4) is 0 Å². The summed E-state index contributed by atoms with van der Waals surface area (Å²) in [6, 6.07) is 2.39. The van der Waals surface area contributed by atoms with Gasteiger partial charge in [0.2, 0.25) is 11.9 Å². The maximum atomic E-state index is 11.3. The number of aromatic nitrogens is 2. The number of rotatable bonds is 4. The molecule has 23 heavy (non-hydrogen) atoms. The Balaban J connectivity index is 1.79. The number of primary amides is 1. The maximum Gasteiger partial charge on any atom is 0.227 e. The molecule has 4 N–H and O–H groups in total. The van der Waals surface area contributed by atoms with Gasteiger partial charge in [0, 0.05) is 51.1 Å². The van der Waals surface area contributed by atoms with Crippen LogP contribution in [0.25, 0.3) is 0 Å². The topological polar surface area (TPSA) is 101 Å². The van der Waals surface area contributed by atoms with E-state index in [1.54, 1.807) is 0 Å². The second kappa shape index (κ2) is 6.31. The highest BCUT2D eigenvalue weighted by Crippen LogP contribution is 2.36. The second-order valence-electron chi connectivity index (χ2n) is 6.94. The minimum atomic E-state index is -0.189. The van der Waals surface area contributed by atoms with Crippen LogP contribution < -0.4 is 21.3 Å². The molecule has 2 fully saturated rings. The van der Waals surface area contributed by atoms with Crippen LogP contribution in [-0.4, -0.2) is 49.1 Å². The highest BCUT2D eigenvalue weighted by molar-refractivity contribution is 5.77. The Morgan fingerprint density at radius 2 is 1.91 bits per heavy atom. The first-order chi connectivity index (χ1) is 10.9. The Labute approximate surface area is 137 Å². The molecule has 2 aliphatic rings. The van der Waals surface area contributed by atoms with Crippen LogP contribution in [0.5, 0.6) is 0 Å². The number of piperidine rings is 1. The lowest BCUT2D eigenvalue weighted by Crippen LogP contribution is -2.39. The van der Waals surface area contributed by atoms with Crippen molar-refractivity contribution in [2.45, 2.75) is 37.6 Å². The number of nitrogens with two attached hydrogens (primary N) is 2. The Morgan fingerprint density at radius 1 is 1.26 bits per heavy atom. The molecule has 0 radical (unpaired) electrons. The lowest BCUT2D eigenvalue weighted by molar-refractivity contribution is -0.122. The SMILES string of the molecule is CN(C)c1nc(C2CC(N)C2)cc(N2CCC(C(N)=O)CC2)n1. The van der Waals surface area contributed by atoms with Gasteiger partial charge in [0.1, 0.15) is 5.82 Å². The first kappa shape index (κ1) is 16.0. The van der Waals surface area contributed by atoms with Crippen LogP contribution in [0.2, 0.25) is 0 Å². The number of hydrogen-bond donors (Lipinski definition) is 2. The molecule has 1 amide bonds. The van der Waals surface area contributed by atoms with Gasteiger partial charge in [-0.25, -0.2) is 4.98 Å². The van der Waals surface area contributed by atoms with Crippen molar-refractivity contribution < 1.29 is 4.79 Å². The minimum Gasteiger partial charge on any atom is -0.369 e. The van der Waals surface area contributed by atoms with Gasteiger partial charge in [-0.15, -0.1) is 0 Å². The largest absolute Gasteiger partial charge is 0.369 e. The Hall–Kier alpha value is -1.89. The molecular formula is C16H26N6O. The van der Waals surface area contributed by atoms with Gasteiger partial charge in [0.15, 0.2) is 0 Å². The summed E-state index contributed by atoms with van der Waals surface area (Å²) in [4.78, 5) is 24.9. The van der Waals surface area contributed by atoms with Crippen LogP contribution in [0.3, 0.4) is 0 Å². The lowest BCUT2D eigenvalue weighted by Gasteiger charge is -2.35.